The van der Waals surface area contributed by atoms with Gasteiger partial charge in [0, 0.05) is 41.0 Å². The summed E-state index contributed by atoms with van der Waals surface area (Å²) in [6.07, 6.45) is 2.55. The molecule has 3 aromatic rings. The van der Waals surface area contributed by atoms with Crippen molar-refractivity contribution in [3.63, 3.8) is 0 Å². The second kappa shape index (κ2) is 6.35. The first-order valence-electron chi connectivity index (χ1n) is 8.10. The molecule has 1 aromatic carbocycles. The first-order chi connectivity index (χ1) is 11.5. The zero-order valence-electron chi connectivity index (χ0n) is 14.1. The van der Waals surface area contributed by atoms with E-state index in [0.717, 1.165) is 28.6 Å². The number of aryl methyl sites for hydroxylation is 3. The summed E-state index contributed by atoms with van der Waals surface area (Å²) in [5.74, 6) is -0.183. The molecule has 0 aliphatic heterocycles. The maximum absolute atomic E-state index is 12.5. The molecule has 1 amide bonds. The molecule has 0 aliphatic carbocycles. The van der Waals surface area contributed by atoms with Crippen LogP contribution in [0.4, 0.5) is 5.69 Å². The molecular formula is C19H21N3O2. The largest absolute Gasteiger partial charge is 0.358 e. The average Bonchev–Trinajstić information content (AvgIpc) is 2.85. The van der Waals surface area contributed by atoms with E-state index in [9.17, 15) is 9.59 Å². The van der Waals surface area contributed by atoms with Crippen molar-refractivity contribution in [2.24, 2.45) is 0 Å². The topological polar surface area (TPSA) is 66.9 Å². The lowest BCUT2D eigenvalue weighted by Gasteiger charge is -2.09. The lowest BCUT2D eigenvalue weighted by molar-refractivity contribution is 0.102. The Hall–Kier alpha value is -2.82. The summed E-state index contributed by atoms with van der Waals surface area (Å²) in [4.78, 5) is 27.6. The monoisotopic (exact) mass is 323 g/mol. The maximum Gasteiger partial charge on any atom is 0.255 e. The molecule has 0 saturated heterocycles. The molecule has 0 unspecified atom stereocenters. The van der Waals surface area contributed by atoms with Gasteiger partial charge in [0.1, 0.15) is 0 Å². The number of H-pyrrole nitrogens is 1. The highest BCUT2D eigenvalue weighted by molar-refractivity contribution is 6.06. The van der Waals surface area contributed by atoms with E-state index in [-0.39, 0.29) is 11.5 Å². The van der Waals surface area contributed by atoms with Gasteiger partial charge in [-0.25, -0.2) is 0 Å². The SMILES string of the molecule is CCCn1cc(NC(=O)c2ccc3[nH]c(C)c(C)c3c2)ccc1=O. The molecule has 24 heavy (non-hydrogen) atoms. The van der Waals surface area contributed by atoms with Crippen LogP contribution in [0, 0.1) is 13.8 Å². The Balaban J connectivity index is 1.88. The van der Waals surface area contributed by atoms with Gasteiger partial charge in [0.25, 0.3) is 11.5 Å². The van der Waals surface area contributed by atoms with Crippen molar-refractivity contribution in [2.75, 3.05) is 5.32 Å². The molecule has 2 aromatic heterocycles. The van der Waals surface area contributed by atoms with Gasteiger partial charge in [0.15, 0.2) is 0 Å². The zero-order chi connectivity index (χ0) is 17.3. The molecule has 0 aliphatic rings. The number of fused-ring (bicyclic) bond motifs is 1. The van der Waals surface area contributed by atoms with Crippen LogP contribution in [0.1, 0.15) is 35.0 Å². The van der Waals surface area contributed by atoms with Gasteiger partial charge in [-0.05, 0) is 50.1 Å². The highest BCUT2D eigenvalue weighted by atomic mass is 16.1. The van der Waals surface area contributed by atoms with Crippen LogP contribution in [0.25, 0.3) is 10.9 Å². The van der Waals surface area contributed by atoms with Crippen LogP contribution in [0.2, 0.25) is 0 Å². The number of hydrogen-bond acceptors (Lipinski definition) is 2. The Bertz CT molecular complexity index is 966. The van der Waals surface area contributed by atoms with E-state index in [0.29, 0.717) is 17.8 Å². The Labute approximate surface area is 140 Å². The Morgan fingerprint density at radius 1 is 1.21 bits per heavy atom. The number of aromatic nitrogens is 2. The number of anilines is 1. The number of nitrogens with zero attached hydrogens (tertiary/aromatic N) is 1. The molecule has 3 rings (SSSR count). The van der Waals surface area contributed by atoms with Crippen molar-refractivity contribution >= 4 is 22.5 Å². The van der Waals surface area contributed by atoms with Crippen LogP contribution in [0.3, 0.4) is 0 Å². The van der Waals surface area contributed by atoms with Gasteiger partial charge < -0.3 is 14.9 Å². The number of pyridine rings is 1. The third kappa shape index (κ3) is 2.97. The van der Waals surface area contributed by atoms with Crippen molar-refractivity contribution in [3.05, 3.63) is 63.7 Å². The number of amides is 1. The predicted octanol–water partition coefficient (Wildman–Crippen LogP) is 3.61. The number of rotatable bonds is 4. The standard InChI is InChI=1S/C19H21N3O2/c1-4-9-22-11-15(6-8-18(22)23)21-19(24)14-5-7-17-16(10-14)12(2)13(3)20-17/h5-8,10-11,20H,4,9H2,1-3H3,(H,21,24). The molecule has 5 nitrogen and oxygen atoms in total. The summed E-state index contributed by atoms with van der Waals surface area (Å²) in [5.41, 5.74) is 4.44. The molecule has 5 heteroatoms. The molecule has 0 saturated carbocycles. The van der Waals surface area contributed by atoms with Crippen molar-refractivity contribution in [1.82, 2.24) is 9.55 Å². The minimum absolute atomic E-state index is 0.0605. The van der Waals surface area contributed by atoms with Gasteiger partial charge in [0.05, 0.1) is 5.69 Å². The normalized spacial score (nSPS) is 11.0. The van der Waals surface area contributed by atoms with Gasteiger partial charge in [-0.1, -0.05) is 6.92 Å². The van der Waals surface area contributed by atoms with E-state index in [4.69, 9.17) is 0 Å². The summed E-state index contributed by atoms with van der Waals surface area (Å²) >= 11 is 0. The van der Waals surface area contributed by atoms with E-state index in [1.165, 1.54) is 6.07 Å². The number of nitrogens with one attached hydrogen (secondary N) is 2. The minimum Gasteiger partial charge on any atom is -0.358 e. The number of hydrogen-bond donors (Lipinski definition) is 2. The summed E-state index contributed by atoms with van der Waals surface area (Å²) in [6, 6.07) is 8.73. The second-order valence-electron chi connectivity index (χ2n) is 6.04. The minimum atomic E-state index is -0.183. The summed E-state index contributed by atoms with van der Waals surface area (Å²) in [7, 11) is 0. The van der Waals surface area contributed by atoms with E-state index in [2.05, 4.69) is 10.3 Å². The summed E-state index contributed by atoms with van der Waals surface area (Å²) in [6.45, 7) is 6.70. The number of carbonyl (C=O) groups excluding carboxylic acids is 1. The predicted molar refractivity (Wildman–Crippen MR) is 96.7 cm³/mol. The van der Waals surface area contributed by atoms with Crippen LogP contribution < -0.4 is 10.9 Å². The van der Waals surface area contributed by atoms with Gasteiger partial charge in [-0.15, -0.1) is 0 Å². The van der Waals surface area contributed by atoms with Gasteiger partial charge >= 0.3 is 0 Å². The molecular weight excluding hydrogens is 302 g/mol. The number of benzene rings is 1. The Morgan fingerprint density at radius 2 is 2.00 bits per heavy atom. The molecule has 0 bridgehead atoms. The van der Waals surface area contributed by atoms with Gasteiger partial charge in [0.2, 0.25) is 0 Å². The molecule has 2 N–H and O–H groups in total. The highest BCUT2D eigenvalue weighted by Crippen LogP contribution is 2.22. The Kier molecular flexibility index (Phi) is 4.25. The lowest BCUT2D eigenvalue weighted by Crippen LogP contribution is -2.20. The van der Waals surface area contributed by atoms with Gasteiger partial charge in [-0.2, -0.15) is 0 Å². The smallest absolute Gasteiger partial charge is 0.255 e. The first kappa shape index (κ1) is 16.1. The fraction of sp³-hybridized carbons (Fsp3) is 0.263. The van der Waals surface area contributed by atoms with Crippen molar-refractivity contribution in [2.45, 2.75) is 33.7 Å². The summed E-state index contributed by atoms with van der Waals surface area (Å²) < 4.78 is 1.61. The van der Waals surface area contributed by atoms with Crippen LogP contribution in [0.15, 0.2) is 41.3 Å². The van der Waals surface area contributed by atoms with Gasteiger partial charge in [-0.3, -0.25) is 9.59 Å². The molecule has 0 fully saturated rings. The van der Waals surface area contributed by atoms with Crippen LogP contribution in [-0.4, -0.2) is 15.5 Å². The molecule has 2 heterocycles. The maximum atomic E-state index is 12.5. The molecule has 0 atom stereocenters. The lowest BCUT2D eigenvalue weighted by atomic mass is 10.1. The fourth-order valence-electron chi connectivity index (χ4n) is 2.83. The second-order valence-corrected chi connectivity index (χ2v) is 6.04. The Morgan fingerprint density at radius 3 is 2.75 bits per heavy atom. The molecule has 124 valence electrons. The van der Waals surface area contributed by atoms with Crippen molar-refractivity contribution in [3.8, 4) is 0 Å². The highest BCUT2D eigenvalue weighted by Gasteiger charge is 2.11. The zero-order valence-corrected chi connectivity index (χ0v) is 14.1. The van der Waals surface area contributed by atoms with E-state index in [1.54, 1.807) is 22.9 Å². The third-order valence-corrected chi connectivity index (χ3v) is 4.28. The van der Waals surface area contributed by atoms with Crippen molar-refractivity contribution in [1.29, 1.82) is 0 Å². The van der Waals surface area contributed by atoms with Crippen LogP contribution in [0.5, 0.6) is 0 Å². The number of carbonyl (C=O) groups is 1. The van der Waals surface area contributed by atoms with E-state index < -0.39 is 0 Å². The van der Waals surface area contributed by atoms with E-state index in [1.807, 2.05) is 32.9 Å². The first-order valence-corrected chi connectivity index (χ1v) is 8.10. The van der Waals surface area contributed by atoms with E-state index >= 15 is 0 Å². The molecule has 0 radical (unpaired) electrons. The fourth-order valence-corrected chi connectivity index (χ4v) is 2.83. The van der Waals surface area contributed by atoms with Crippen molar-refractivity contribution < 1.29 is 4.79 Å². The third-order valence-electron chi connectivity index (χ3n) is 4.28. The summed E-state index contributed by atoms with van der Waals surface area (Å²) in [5, 5.41) is 3.92. The van der Waals surface area contributed by atoms with Crippen LogP contribution >= 0.6 is 0 Å². The quantitative estimate of drug-likeness (QED) is 0.770. The number of aromatic amines is 1. The van der Waals surface area contributed by atoms with Crippen LogP contribution in [-0.2, 0) is 6.54 Å². The average molecular weight is 323 g/mol. The molecule has 0 spiro atoms.